The lowest BCUT2D eigenvalue weighted by Crippen LogP contribution is -1.86. The van der Waals surface area contributed by atoms with Crippen molar-refractivity contribution in [1.29, 1.82) is 0 Å². The highest BCUT2D eigenvalue weighted by Gasteiger charge is 1.92. The Bertz CT molecular complexity index is 218. The molecule has 1 aromatic rings. The minimum atomic E-state index is 1.16. The van der Waals surface area contributed by atoms with E-state index < -0.39 is 0 Å². The number of hydrogen-bond acceptors (Lipinski definition) is 1. The molecule has 0 N–H and O–H groups in total. The van der Waals surface area contributed by atoms with E-state index in [4.69, 9.17) is 0 Å². The average molecular weight is 245 g/mol. The first-order valence-electron chi connectivity index (χ1n) is 4.06. The highest BCUT2D eigenvalue weighted by molar-refractivity contribution is 9.10. The van der Waals surface area contributed by atoms with Crippen molar-refractivity contribution in [1.82, 2.24) is 0 Å². The van der Waals surface area contributed by atoms with Crippen LogP contribution in [-0.2, 0) is 6.42 Å². The predicted molar refractivity (Wildman–Crippen MR) is 60.8 cm³/mol. The molecule has 0 aliphatic carbocycles. The van der Waals surface area contributed by atoms with E-state index >= 15 is 0 Å². The van der Waals surface area contributed by atoms with Crippen molar-refractivity contribution in [2.45, 2.75) is 12.8 Å². The van der Waals surface area contributed by atoms with Gasteiger partial charge in [-0.15, -0.1) is 0 Å². The molecule has 0 bridgehead atoms. The van der Waals surface area contributed by atoms with Crippen LogP contribution in [0.5, 0.6) is 0 Å². The molecule has 0 heterocycles. The van der Waals surface area contributed by atoms with Gasteiger partial charge in [-0.05, 0) is 42.5 Å². The van der Waals surface area contributed by atoms with Crippen LogP contribution in [0.25, 0.3) is 0 Å². The summed E-state index contributed by atoms with van der Waals surface area (Å²) in [6, 6.07) is 8.58. The van der Waals surface area contributed by atoms with E-state index in [-0.39, 0.29) is 0 Å². The first kappa shape index (κ1) is 10.1. The number of halogens is 1. The quantitative estimate of drug-likeness (QED) is 0.728. The number of hydrogen-bond donors (Lipinski definition) is 0. The SMILES string of the molecule is CSCCCc1ccc(Br)cc1. The second-order valence-corrected chi connectivity index (χ2v) is 4.62. The summed E-state index contributed by atoms with van der Waals surface area (Å²) in [7, 11) is 0. The molecule has 0 aromatic heterocycles. The summed E-state index contributed by atoms with van der Waals surface area (Å²) < 4.78 is 1.16. The molecule has 0 saturated heterocycles. The molecule has 0 saturated carbocycles. The summed E-state index contributed by atoms with van der Waals surface area (Å²) in [5, 5.41) is 0. The van der Waals surface area contributed by atoms with Gasteiger partial charge in [0.25, 0.3) is 0 Å². The number of thioether (sulfide) groups is 1. The van der Waals surface area contributed by atoms with Crippen molar-refractivity contribution < 1.29 is 0 Å². The molecule has 1 rings (SSSR count). The molecule has 0 amide bonds. The maximum atomic E-state index is 3.42. The molecule has 0 unspecified atom stereocenters. The Labute approximate surface area is 86.9 Å². The second-order valence-electron chi connectivity index (χ2n) is 2.72. The normalized spacial score (nSPS) is 10.2. The third-order valence-electron chi connectivity index (χ3n) is 1.73. The molecule has 0 spiro atoms. The van der Waals surface area contributed by atoms with Gasteiger partial charge in [0, 0.05) is 4.47 Å². The van der Waals surface area contributed by atoms with Crippen LogP contribution in [0.15, 0.2) is 28.7 Å². The lowest BCUT2D eigenvalue weighted by Gasteiger charge is -1.99. The van der Waals surface area contributed by atoms with E-state index in [1.165, 1.54) is 24.2 Å². The molecule has 1 aromatic carbocycles. The zero-order valence-electron chi connectivity index (χ0n) is 7.22. The van der Waals surface area contributed by atoms with Crippen LogP contribution in [0.2, 0.25) is 0 Å². The fourth-order valence-electron chi connectivity index (χ4n) is 1.07. The van der Waals surface area contributed by atoms with Crippen LogP contribution in [0, 0.1) is 0 Å². The van der Waals surface area contributed by atoms with Crippen LogP contribution in [0.4, 0.5) is 0 Å². The fraction of sp³-hybridized carbons (Fsp3) is 0.400. The lowest BCUT2D eigenvalue weighted by atomic mass is 10.1. The van der Waals surface area contributed by atoms with Gasteiger partial charge < -0.3 is 0 Å². The van der Waals surface area contributed by atoms with Gasteiger partial charge in [0.1, 0.15) is 0 Å². The summed E-state index contributed by atoms with van der Waals surface area (Å²) in [5.74, 6) is 1.26. The molecule has 2 heteroatoms. The Hall–Kier alpha value is 0.0500. The molecule has 0 aliphatic rings. The van der Waals surface area contributed by atoms with Gasteiger partial charge in [-0.25, -0.2) is 0 Å². The summed E-state index contributed by atoms with van der Waals surface area (Å²) in [6.07, 6.45) is 4.64. The Balaban J connectivity index is 2.37. The molecular weight excluding hydrogens is 232 g/mol. The van der Waals surface area contributed by atoms with E-state index in [1.54, 1.807) is 0 Å². The van der Waals surface area contributed by atoms with Crippen molar-refractivity contribution in [2.75, 3.05) is 12.0 Å². The molecule has 0 nitrogen and oxygen atoms in total. The fourth-order valence-corrected chi connectivity index (χ4v) is 1.77. The van der Waals surface area contributed by atoms with Gasteiger partial charge in [-0.1, -0.05) is 28.1 Å². The molecule has 12 heavy (non-hydrogen) atoms. The lowest BCUT2D eigenvalue weighted by molar-refractivity contribution is 0.934. The molecule has 0 atom stereocenters. The van der Waals surface area contributed by atoms with Crippen LogP contribution < -0.4 is 0 Å². The van der Waals surface area contributed by atoms with Gasteiger partial charge in [0.2, 0.25) is 0 Å². The van der Waals surface area contributed by atoms with E-state index in [0.29, 0.717) is 0 Å². The topological polar surface area (TPSA) is 0 Å². The average Bonchev–Trinajstić information content (AvgIpc) is 2.09. The number of rotatable bonds is 4. The smallest absolute Gasteiger partial charge is 0.0175 e. The van der Waals surface area contributed by atoms with Crippen LogP contribution in [0.1, 0.15) is 12.0 Å². The number of aryl methyl sites for hydroxylation is 1. The maximum absolute atomic E-state index is 3.42. The van der Waals surface area contributed by atoms with Crippen LogP contribution in [0.3, 0.4) is 0 Å². The Morgan fingerprint density at radius 3 is 2.50 bits per heavy atom. The third-order valence-corrected chi connectivity index (χ3v) is 2.95. The van der Waals surface area contributed by atoms with Crippen molar-refractivity contribution >= 4 is 27.7 Å². The summed E-state index contributed by atoms with van der Waals surface area (Å²) >= 11 is 5.34. The first-order valence-corrected chi connectivity index (χ1v) is 6.25. The predicted octanol–water partition coefficient (Wildman–Crippen LogP) is 3.74. The van der Waals surface area contributed by atoms with Gasteiger partial charge in [-0.3, -0.25) is 0 Å². The Morgan fingerprint density at radius 1 is 1.25 bits per heavy atom. The van der Waals surface area contributed by atoms with Gasteiger partial charge in [-0.2, -0.15) is 11.8 Å². The Kier molecular flexibility index (Phi) is 4.77. The molecular formula is C10H13BrS. The first-order chi connectivity index (χ1) is 5.83. The maximum Gasteiger partial charge on any atom is 0.0175 e. The van der Waals surface area contributed by atoms with Gasteiger partial charge in [0.05, 0.1) is 0 Å². The monoisotopic (exact) mass is 244 g/mol. The largest absolute Gasteiger partial charge is 0.165 e. The van der Waals surface area contributed by atoms with Gasteiger partial charge >= 0.3 is 0 Å². The van der Waals surface area contributed by atoms with Crippen molar-refractivity contribution in [2.24, 2.45) is 0 Å². The molecule has 0 fully saturated rings. The molecule has 0 radical (unpaired) electrons. The van der Waals surface area contributed by atoms with Crippen molar-refractivity contribution in [3.63, 3.8) is 0 Å². The zero-order valence-corrected chi connectivity index (χ0v) is 9.62. The minimum Gasteiger partial charge on any atom is -0.165 e. The minimum absolute atomic E-state index is 1.16. The van der Waals surface area contributed by atoms with Crippen LogP contribution >= 0.6 is 27.7 Å². The second kappa shape index (κ2) is 5.65. The number of benzene rings is 1. The van der Waals surface area contributed by atoms with Crippen molar-refractivity contribution in [3.05, 3.63) is 34.3 Å². The summed E-state index contributed by atoms with van der Waals surface area (Å²) in [6.45, 7) is 0. The highest BCUT2D eigenvalue weighted by atomic mass is 79.9. The third kappa shape index (κ3) is 3.63. The summed E-state index contributed by atoms with van der Waals surface area (Å²) in [4.78, 5) is 0. The molecule has 0 aliphatic heterocycles. The zero-order chi connectivity index (χ0) is 8.81. The van der Waals surface area contributed by atoms with E-state index in [1.807, 2.05) is 11.8 Å². The van der Waals surface area contributed by atoms with Crippen molar-refractivity contribution in [3.8, 4) is 0 Å². The van der Waals surface area contributed by atoms with E-state index in [2.05, 4.69) is 46.5 Å². The van der Waals surface area contributed by atoms with Crippen LogP contribution in [-0.4, -0.2) is 12.0 Å². The van der Waals surface area contributed by atoms with E-state index in [0.717, 1.165) is 4.47 Å². The standard InChI is InChI=1S/C10H13BrS/c1-12-8-2-3-9-4-6-10(11)7-5-9/h4-7H,2-3,8H2,1H3. The molecule has 66 valence electrons. The highest BCUT2D eigenvalue weighted by Crippen LogP contribution is 2.12. The Morgan fingerprint density at radius 2 is 1.92 bits per heavy atom. The van der Waals surface area contributed by atoms with E-state index in [9.17, 15) is 0 Å². The van der Waals surface area contributed by atoms with Gasteiger partial charge in [0.15, 0.2) is 0 Å². The summed E-state index contributed by atoms with van der Waals surface area (Å²) in [5.41, 5.74) is 1.44.